The fraction of sp³-hybridized carbons (Fsp3) is 0.0909. The Kier molecular flexibility index (Phi) is 4.34. The third-order valence-electron chi connectivity index (χ3n) is 4.60. The zero-order valence-corrected chi connectivity index (χ0v) is 14.8. The molecule has 1 heterocycles. The zero-order chi connectivity index (χ0) is 18.8. The number of anilines is 2. The lowest BCUT2D eigenvalue weighted by Crippen LogP contribution is -2.43. The number of carbonyl (C=O) groups excluding carboxylic acids is 2. The number of hydrogen-bond donors (Lipinski definition) is 1. The van der Waals surface area contributed by atoms with Gasteiger partial charge in [0.2, 0.25) is 0 Å². The minimum atomic E-state index is -0.547. The van der Waals surface area contributed by atoms with Gasteiger partial charge in [-0.05, 0) is 35.9 Å². The molecule has 27 heavy (non-hydrogen) atoms. The number of rotatable bonds is 3. The monoisotopic (exact) mass is 358 g/mol. The summed E-state index contributed by atoms with van der Waals surface area (Å²) >= 11 is 0. The van der Waals surface area contributed by atoms with Gasteiger partial charge >= 0.3 is 5.97 Å². The Hall–Kier alpha value is -3.60. The smallest absolute Gasteiger partial charge is 0.337 e. The Balaban J connectivity index is 1.84. The topological polar surface area (TPSA) is 58.6 Å². The summed E-state index contributed by atoms with van der Waals surface area (Å²) in [5.74, 6) is -0.545. The summed E-state index contributed by atoms with van der Waals surface area (Å²) in [5.41, 5.74) is 6.56. The van der Waals surface area contributed by atoms with E-state index in [1.54, 1.807) is 18.2 Å². The number of ether oxygens (including phenoxy) is 1. The summed E-state index contributed by atoms with van der Waals surface area (Å²) < 4.78 is 4.78. The van der Waals surface area contributed by atoms with E-state index in [2.05, 4.69) is 5.43 Å². The number of Topliss-reactive ketones (excluding diaryl/α,β-unsaturated/α-hetero) is 1. The molecular weight excluding hydrogens is 340 g/mol. The van der Waals surface area contributed by atoms with Crippen LogP contribution in [0.4, 0.5) is 11.4 Å². The fourth-order valence-corrected chi connectivity index (χ4v) is 3.29. The second-order valence-electron chi connectivity index (χ2n) is 6.25. The van der Waals surface area contributed by atoms with E-state index in [0.29, 0.717) is 16.8 Å². The minimum absolute atomic E-state index is 0.0791. The summed E-state index contributed by atoms with van der Waals surface area (Å²) in [4.78, 5) is 25.3. The van der Waals surface area contributed by atoms with Crippen LogP contribution in [0.2, 0.25) is 0 Å². The molecule has 1 aliphatic heterocycles. The van der Waals surface area contributed by atoms with Crippen LogP contribution in [0, 0.1) is 0 Å². The van der Waals surface area contributed by atoms with Gasteiger partial charge in [-0.25, -0.2) is 4.79 Å². The molecule has 1 atom stereocenters. The number of hydrazine groups is 1. The first-order valence-corrected chi connectivity index (χ1v) is 8.61. The summed E-state index contributed by atoms with van der Waals surface area (Å²) in [5, 5.41) is 1.86. The molecule has 0 amide bonds. The van der Waals surface area contributed by atoms with Crippen LogP contribution >= 0.6 is 0 Å². The van der Waals surface area contributed by atoms with E-state index in [9.17, 15) is 9.59 Å². The molecule has 3 aromatic rings. The number of benzene rings is 3. The second-order valence-corrected chi connectivity index (χ2v) is 6.25. The largest absolute Gasteiger partial charge is 0.465 e. The highest BCUT2D eigenvalue weighted by atomic mass is 16.5. The lowest BCUT2D eigenvalue weighted by molar-refractivity contribution is 0.0600. The van der Waals surface area contributed by atoms with Crippen LogP contribution in [-0.4, -0.2) is 18.9 Å². The van der Waals surface area contributed by atoms with E-state index < -0.39 is 12.0 Å². The summed E-state index contributed by atoms with van der Waals surface area (Å²) in [6.07, 6.45) is 0. The Labute approximate surface area is 157 Å². The van der Waals surface area contributed by atoms with Crippen molar-refractivity contribution in [3.8, 4) is 0 Å². The van der Waals surface area contributed by atoms with E-state index in [-0.39, 0.29) is 5.78 Å². The standard InChI is InChI=1S/C22H18N2O3/c1-27-22(26)16-12-13-19-18(14-16)21(25)20(15-8-4-2-5-9-15)24(23-19)17-10-6-3-7-11-17/h2-14,20,23H,1H3. The van der Waals surface area contributed by atoms with Crippen LogP contribution in [0.1, 0.15) is 32.3 Å². The Morgan fingerprint density at radius 3 is 2.30 bits per heavy atom. The van der Waals surface area contributed by atoms with Crippen LogP contribution < -0.4 is 10.4 Å². The van der Waals surface area contributed by atoms with Gasteiger partial charge in [-0.15, -0.1) is 0 Å². The fourth-order valence-electron chi connectivity index (χ4n) is 3.29. The van der Waals surface area contributed by atoms with Crippen LogP contribution in [-0.2, 0) is 4.74 Å². The van der Waals surface area contributed by atoms with Crippen molar-refractivity contribution in [1.82, 2.24) is 0 Å². The predicted octanol–water partition coefficient (Wildman–Crippen LogP) is 4.24. The maximum Gasteiger partial charge on any atom is 0.337 e. The van der Waals surface area contributed by atoms with Crippen molar-refractivity contribution >= 4 is 23.1 Å². The highest BCUT2D eigenvalue weighted by Crippen LogP contribution is 2.37. The van der Waals surface area contributed by atoms with E-state index in [1.165, 1.54) is 7.11 Å². The SMILES string of the molecule is COC(=O)c1ccc2c(c1)C(=O)C(c1ccccc1)N(c1ccccc1)N2. The Morgan fingerprint density at radius 2 is 1.63 bits per heavy atom. The number of carbonyl (C=O) groups is 2. The number of nitrogens with zero attached hydrogens (tertiary/aromatic N) is 1. The van der Waals surface area contributed by atoms with Gasteiger partial charge in [0, 0.05) is 5.56 Å². The number of methoxy groups -OCH3 is 1. The van der Waals surface area contributed by atoms with Crippen molar-refractivity contribution < 1.29 is 14.3 Å². The molecule has 0 radical (unpaired) electrons. The van der Waals surface area contributed by atoms with Gasteiger partial charge in [-0.2, -0.15) is 0 Å². The first-order valence-electron chi connectivity index (χ1n) is 8.61. The zero-order valence-electron chi connectivity index (χ0n) is 14.8. The highest BCUT2D eigenvalue weighted by Gasteiger charge is 2.35. The predicted molar refractivity (Wildman–Crippen MR) is 104 cm³/mol. The molecule has 5 heteroatoms. The molecule has 0 saturated carbocycles. The molecule has 0 spiro atoms. The van der Waals surface area contributed by atoms with Gasteiger partial charge in [0.15, 0.2) is 5.78 Å². The Bertz CT molecular complexity index is 987. The first-order chi connectivity index (χ1) is 13.2. The van der Waals surface area contributed by atoms with E-state index >= 15 is 0 Å². The van der Waals surface area contributed by atoms with Crippen LogP contribution in [0.25, 0.3) is 0 Å². The normalized spacial score (nSPS) is 15.7. The minimum Gasteiger partial charge on any atom is -0.465 e. The van der Waals surface area contributed by atoms with E-state index in [0.717, 1.165) is 11.3 Å². The summed E-state index contributed by atoms with van der Waals surface area (Å²) in [6.45, 7) is 0. The van der Waals surface area contributed by atoms with Gasteiger partial charge in [-0.3, -0.25) is 15.2 Å². The molecule has 134 valence electrons. The van der Waals surface area contributed by atoms with Crippen LogP contribution in [0.15, 0.2) is 78.9 Å². The lowest BCUT2D eigenvalue weighted by Gasteiger charge is -2.38. The number of hydrogen-bond acceptors (Lipinski definition) is 5. The van der Waals surface area contributed by atoms with Crippen LogP contribution in [0.3, 0.4) is 0 Å². The Morgan fingerprint density at radius 1 is 0.963 bits per heavy atom. The maximum absolute atomic E-state index is 13.4. The molecule has 1 aliphatic rings. The molecule has 0 bridgehead atoms. The molecule has 1 unspecified atom stereocenters. The summed E-state index contributed by atoms with van der Waals surface area (Å²) in [6, 6.07) is 23.7. The van der Waals surface area contributed by atoms with Crippen molar-refractivity contribution in [2.24, 2.45) is 0 Å². The highest BCUT2D eigenvalue weighted by molar-refractivity contribution is 6.10. The van der Waals surface area contributed by atoms with Crippen molar-refractivity contribution in [1.29, 1.82) is 0 Å². The van der Waals surface area contributed by atoms with Gasteiger partial charge in [0.25, 0.3) is 0 Å². The first kappa shape index (κ1) is 16.8. The molecule has 0 aliphatic carbocycles. The molecule has 5 nitrogen and oxygen atoms in total. The average Bonchev–Trinajstić information content (AvgIpc) is 2.74. The van der Waals surface area contributed by atoms with Crippen molar-refractivity contribution in [3.05, 3.63) is 95.6 Å². The number of esters is 1. The van der Waals surface area contributed by atoms with Crippen molar-refractivity contribution in [3.63, 3.8) is 0 Å². The number of ketones is 1. The lowest BCUT2D eigenvalue weighted by atomic mass is 9.92. The van der Waals surface area contributed by atoms with Gasteiger partial charge < -0.3 is 4.74 Å². The third kappa shape index (κ3) is 3.04. The molecule has 0 aromatic heterocycles. The van der Waals surface area contributed by atoms with Crippen molar-refractivity contribution in [2.45, 2.75) is 6.04 Å². The molecule has 4 rings (SSSR count). The third-order valence-corrected chi connectivity index (χ3v) is 4.60. The van der Waals surface area contributed by atoms with E-state index in [1.807, 2.05) is 65.7 Å². The van der Waals surface area contributed by atoms with Crippen LogP contribution in [0.5, 0.6) is 0 Å². The second kappa shape index (κ2) is 6.96. The average molecular weight is 358 g/mol. The number of nitrogens with one attached hydrogen (secondary N) is 1. The molecular formula is C22H18N2O3. The number of para-hydroxylation sites is 1. The number of fused-ring (bicyclic) bond motifs is 1. The molecule has 1 N–H and O–H groups in total. The van der Waals surface area contributed by atoms with E-state index in [4.69, 9.17) is 4.74 Å². The van der Waals surface area contributed by atoms with Crippen molar-refractivity contribution in [2.75, 3.05) is 17.5 Å². The molecule has 0 fully saturated rings. The maximum atomic E-state index is 13.4. The van der Waals surface area contributed by atoms with Gasteiger partial charge in [0.1, 0.15) is 6.04 Å². The summed E-state index contributed by atoms with van der Waals surface area (Å²) in [7, 11) is 1.33. The van der Waals surface area contributed by atoms with Gasteiger partial charge in [0.05, 0.1) is 24.0 Å². The molecule has 0 saturated heterocycles. The molecule has 3 aromatic carbocycles. The van der Waals surface area contributed by atoms with Gasteiger partial charge in [-0.1, -0.05) is 48.5 Å². The quantitative estimate of drug-likeness (QED) is 0.710.